The van der Waals surface area contributed by atoms with Crippen LogP contribution in [0.1, 0.15) is 25.0 Å². The van der Waals surface area contributed by atoms with E-state index in [1.807, 2.05) is 26.0 Å². The molecule has 6 heteroatoms. The third-order valence-corrected chi connectivity index (χ3v) is 4.32. The number of carbonyl (C=O) groups is 2. The van der Waals surface area contributed by atoms with Gasteiger partial charge in [0.25, 0.3) is 11.8 Å². The van der Waals surface area contributed by atoms with Crippen LogP contribution in [0.15, 0.2) is 60.7 Å². The first-order chi connectivity index (χ1) is 14.1. The summed E-state index contributed by atoms with van der Waals surface area (Å²) in [5.41, 5.74) is 4.83. The third kappa shape index (κ3) is 4.32. The van der Waals surface area contributed by atoms with Gasteiger partial charge in [0, 0.05) is 5.56 Å². The van der Waals surface area contributed by atoms with Gasteiger partial charge in [-0.15, -0.1) is 6.58 Å². The summed E-state index contributed by atoms with van der Waals surface area (Å²) in [5, 5.41) is 1.25. The molecule has 0 saturated carbocycles. The van der Waals surface area contributed by atoms with E-state index in [0.717, 1.165) is 5.56 Å². The second-order valence-electron chi connectivity index (χ2n) is 6.34. The number of carbonyl (C=O) groups excluding carboxylic acids is 2. The van der Waals surface area contributed by atoms with Gasteiger partial charge in [-0.2, -0.15) is 0 Å². The summed E-state index contributed by atoms with van der Waals surface area (Å²) >= 11 is 0. The standard InChI is InChI=1S/C23H24N2O4/c1-4-10-17-13-16(15-20(28-5-2)21(17)29-6-3)14-19-22(26)24-25(23(19)27)18-11-8-7-9-12-18/h4,7-9,11-15H,1,5-6,10H2,2-3H3,(H,24,26)/b19-14-. The van der Waals surface area contributed by atoms with Crippen molar-refractivity contribution in [3.05, 3.63) is 71.8 Å². The summed E-state index contributed by atoms with van der Waals surface area (Å²) in [5.74, 6) is 0.380. The molecule has 2 amide bonds. The van der Waals surface area contributed by atoms with Crippen LogP contribution < -0.4 is 19.9 Å². The average molecular weight is 392 g/mol. The topological polar surface area (TPSA) is 67.9 Å². The van der Waals surface area contributed by atoms with Crippen molar-refractivity contribution in [2.75, 3.05) is 18.2 Å². The van der Waals surface area contributed by atoms with E-state index in [0.29, 0.717) is 42.4 Å². The molecule has 150 valence electrons. The maximum Gasteiger partial charge on any atom is 0.282 e. The molecular weight excluding hydrogens is 368 g/mol. The Morgan fingerprint density at radius 2 is 1.79 bits per heavy atom. The van der Waals surface area contributed by atoms with Crippen LogP contribution in [0, 0.1) is 0 Å². The molecule has 0 bridgehead atoms. The lowest BCUT2D eigenvalue weighted by Gasteiger charge is -2.16. The molecule has 0 spiro atoms. The molecule has 0 unspecified atom stereocenters. The van der Waals surface area contributed by atoms with Crippen LogP contribution in [0.3, 0.4) is 0 Å². The second-order valence-corrected chi connectivity index (χ2v) is 6.34. The summed E-state index contributed by atoms with van der Waals surface area (Å²) in [4.78, 5) is 25.3. The molecule has 1 saturated heterocycles. The molecule has 1 heterocycles. The quantitative estimate of drug-likeness (QED) is 0.423. The fraction of sp³-hybridized carbons (Fsp3) is 0.217. The van der Waals surface area contributed by atoms with Crippen molar-refractivity contribution >= 4 is 23.6 Å². The smallest absolute Gasteiger partial charge is 0.282 e. The zero-order valence-corrected chi connectivity index (χ0v) is 16.6. The molecule has 2 aromatic rings. The summed E-state index contributed by atoms with van der Waals surface area (Å²) in [6.45, 7) is 8.56. The summed E-state index contributed by atoms with van der Waals surface area (Å²) in [6.07, 6.45) is 3.92. The zero-order valence-electron chi connectivity index (χ0n) is 16.6. The number of nitrogens with one attached hydrogen (secondary N) is 1. The van der Waals surface area contributed by atoms with E-state index in [9.17, 15) is 9.59 Å². The Morgan fingerprint density at radius 1 is 1.07 bits per heavy atom. The normalized spacial score (nSPS) is 14.8. The van der Waals surface area contributed by atoms with Gasteiger partial charge in [-0.05, 0) is 56.2 Å². The lowest BCUT2D eigenvalue weighted by molar-refractivity contribution is -0.117. The maximum atomic E-state index is 12.8. The Bertz CT molecular complexity index is 951. The average Bonchev–Trinajstić information content (AvgIpc) is 3.00. The number of benzene rings is 2. The van der Waals surface area contributed by atoms with Crippen LogP contribution in [0.4, 0.5) is 5.69 Å². The number of anilines is 1. The van der Waals surface area contributed by atoms with Crippen molar-refractivity contribution in [1.82, 2.24) is 5.43 Å². The van der Waals surface area contributed by atoms with Gasteiger partial charge in [0.2, 0.25) is 0 Å². The minimum Gasteiger partial charge on any atom is -0.490 e. The summed E-state index contributed by atoms with van der Waals surface area (Å²) in [6, 6.07) is 12.6. The molecule has 1 fully saturated rings. The lowest BCUT2D eigenvalue weighted by Crippen LogP contribution is -2.35. The first kappa shape index (κ1) is 20.2. The minimum absolute atomic E-state index is 0.0602. The molecule has 29 heavy (non-hydrogen) atoms. The number of rotatable bonds is 8. The number of hydrogen-bond acceptors (Lipinski definition) is 4. The van der Waals surface area contributed by atoms with Crippen LogP contribution in [-0.4, -0.2) is 25.0 Å². The van der Waals surface area contributed by atoms with E-state index in [4.69, 9.17) is 9.47 Å². The molecule has 6 nitrogen and oxygen atoms in total. The van der Waals surface area contributed by atoms with Crippen molar-refractivity contribution in [1.29, 1.82) is 0 Å². The number of hydrogen-bond donors (Lipinski definition) is 1. The highest BCUT2D eigenvalue weighted by molar-refractivity contribution is 6.31. The highest BCUT2D eigenvalue weighted by atomic mass is 16.5. The predicted octanol–water partition coefficient (Wildman–Crippen LogP) is 3.67. The van der Waals surface area contributed by atoms with E-state index >= 15 is 0 Å². The van der Waals surface area contributed by atoms with Gasteiger partial charge in [0.1, 0.15) is 5.57 Å². The number of amides is 2. The highest BCUT2D eigenvalue weighted by Gasteiger charge is 2.34. The fourth-order valence-electron chi connectivity index (χ4n) is 3.13. The van der Waals surface area contributed by atoms with Crippen LogP contribution in [-0.2, 0) is 16.0 Å². The van der Waals surface area contributed by atoms with Crippen LogP contribution in [0.25, 0.3) is 6.08 Å². The molecule has 0 aliphatic carbocycles. The van der Waals surface area contributed by atoms with E-state index in [1.54, 1.807) is 42.5 Å². The number of ether oxygens (including phenoxy) is 2. The van der Waals surface area contributed by atoms with Crippen molar-refractivity contribution in [2.45, 2.75) is 20.3 Å². The van der Waals surface area contributed by atoms with Gasteiger partial charge in [-0.1, -0.05) is 24.3 Å². The summed E-state index contributed by atoms with van der Waals surface area (Å²) in [7, 11) is 0. The molecule has 1 N–H and O–H groups in total. The van der Waals surface area contributed by atoms with E-state index in [2.05, 4.69) is 12.0 Å². The SMILES string of the molecule is C=CCc1cc(/C=C2/C(=O)NN(c3ccccc3)C2=O)cc(OCC)c1OCC. The first-order valence-electron chi connectivity index (χ1n) is 9.54. The van der Waals surface area contributed by atoms with E-state index < -0.39 is 11.8 Å². The molecule has 1 aliphatic heterocycles. The molecule has 2 aromatic carbocycles. The second kappa shape index (κ2) is 9.10. The lowest BCUT2D eigenvalue weighted by atomic mass is 10.0. The van der Waals surface area contributed by atoms with E-state index in [-0.39, 0.29) is 5.57 Å². The van der Waals surface area contributed by atoms with Crippen molar-refractivity contribution in [3.63, 3.8) is 0 Å². The minimum atomic E-state index is -0.448. The molecule has 3 rings (SSSR count). The monoisotopic (exact) mass is 392 g/mol. The van der Waals surface area contributed by atoms with Crippen molar-refractivity contribution < 1.29 is 19.1 Å². The molecular formula is C23H24N2O4. The predicted molar refractivity (Wildman–Crippen MR) is 113 cm³/mol. The van der Waals surface area contributed by atoms with Crippen LogP contribution in [0.5, 0.6) is 11.5 Å². The van der Waals surface area contributed by atoms with Crippen molar-refractivity contribution in [2.24, 2.45) is 0 Å². The number of nitrogens with zero attached hydrogens (tertiary/aromatic N) is 1. The molecule has 0 atom stereocenters. The number of para-hydroxylation sites is 1. The third-order valence-electron chi connectivity index (χ3n) is 4.32. The molecule has 1 aliphatic rings. The maximum absolute atomic E-state index is 12.8. The van der Waals surface area contributed by atoms with Gasteiger partial charge < -0.3 is 9.47 Å². The van der Waals surface area contributed by atoms with Crippen LogP contribution in [0.2, 0.25) is 0 Å². The Hall–Kier alpha value is -3.54. The molecule has 0 aromatic heterocycles. The van der Waals surface area contributed by atoms with Gasteiger partial charge in [-0.3, -0.25) is 15.0 Å². The Balaban J connectivity index is 2.01. The zero-order chi connectivity index (χ0) is 20.8. The summed E-state index contributed by atoms with van der Waals surface area (Å²) < 4.78 is 11.5. The Labute approximate surface area is 170 Å². The fourth-order valence-corrected chi connectivity index (χ4v) is 3.13. The largest absolute Gasteiger partial charge is 0.490 e. The number of hydrazine groups is 1. The Morgan fingerprint density at radius 3 is 2.45 bits per heavy atom. The van der Waals surface area contributed by atoms with Gasteiger partial charge in [0.15, 0.2) is 11.5 Å². The first-order valence-corrected chi connectivity index (χ1v) is 9.54. The Kier molecular flexibility index (Phi) is 6.34. The number of allylic oxidation sites excluding steroid dienone is 1. The van der Waals surface area contributed by atoms with Crippen LogP contribution >= 0.6 is 0 Å². The van der Waals surface area contributed by atoms with Gasteiger partial charge >= 0.3 is 0 Å². The highest BCUT2D eigenvalue weighted by Crippen LogP contribution is 2.35. The molecule has 0 radical (unpaired) electrons. The van der Waals surface area contributed by atoms with Gasteiger partial charge in [-0.25, -0.2) is 5.01 Å². The van der Waals surface area contributed by atoms with E-state index in [1.165, 1.54) is 5.01 Å². The van der Waals surface area contributed by atoms with Gasteiger partial charge in [0.05, 0.1) is 18.9 Å². The van der Waals surface area contributed by atoms with Crippen molar-refractivity contribution in [3.8, 4) is 11.5 Å².